The minimum atomic E-state index is 0.237. The van der Waals surface area contributed by atoms with Crippen LogP contribution in [0, 0.1) is 5.92 Å². The van der Waals surface area contributed by atoms with Gasteiger partial charge in [-0.25, -0.2) is 0 Å². The van der Waals surface area contributed by atoms with Crippen LogP contribution in [0.3, 0.4) is 0 Å². The Kier molecular flexibility index (Phi) is 6.76. The number of methoxy groups -OCH3 is 1. The van der Waals surface area contributed by atoms with Crippen LogP contribution in [0.5, 0.6) is 0 Å². The van der Waals surface area contributed by atoms with E-state index in [1.165, 1.54) is 45.3 Å². The molecule has 20 heavy (non-hydrogen) atoms. The first-order valence-corrected chi connectivity index (χ1v) is 7.99. The molecule has 0 aromatic carbocycles. The van der Waals surface area contributed by atoms with E-state index >= 15 is 0 Å². The summed E-state index contributed by atoms with van der Waals surface area (Å²) in [6.45, 7) is 7.52. The summed E-state index contributed by atoms with van der Waals surface area (Å²) < 4.78 is 4.95. The molecule has 2 heterocycles. The second-order valence-electron chi connectivity index (χ2n) is 6.00. The van der Waals surface area contributed by atoms with Crippen LogP contribution in [0.1, 0.15) is 25.7 Å². The fourth-order valence-electron chi connectivity index (χ4n) is 3.18. The molecule has 5 nitrogen and oxygen atoms in total. The lowest BCUT2D eigenvalue weighted by Gasteiger charge is -2.34. The van der Waals surface area contributed by atoms with E-state index in [9.17, 15) is 4.79 Å². The molecule has 2 saturated heterocycles. The highest BCUT2D eigenvalue weighted by Gasteiger charge is 2.24. The number of carbonyl (C=O) groups is 1. The summed E-state index contributed by atoms with van der Waals surface area (Å²) in [7, 11) is 1.68. The van der Waals surface area contributed by atoms with Gasteiger partial charge in [-0.3, -0.25) is 4.79 Å². The Bertz CT molecular complexity index is 285. The number of nitrogens with zero attached hydrogens (tertiary/aromatic N) is 2. The van der Waals surface area contributed by atoms with E-state index in [4.69, 9.17) is 4.74 Å². The number of ether oxygens (including phenoxy) is 1. The number of hydrogen-bond donors (Lipinski definition) is 1. The first-order valence-electron chi connectivity index (χ1n) is 7.99. The van der Waals surface area contributed by atoms with Gasteiger partial charge in [0.25, 0.3) is 0 Å². The minimum Gasteiger partial charge on any atom is -0.383 e. The molecule has 0 unspecified atom stereocenters. The summed E-state index contributed by atoms with van der Waals surface area (Å²) in [4.78, 5) is 16.6. The van der Waals surface area contributed by atoms with Crippen LogP contribution in [0.4, 0.5) is 0 Å². The molecule has 2 aliphatic rings. The molecule has 0 atom stereocenters. The molecule has 5 heteroatoms. The molecular formula is C15H29N3O2. The van der Waals surface area contributed by atoms with E-state index in [1.807, 2.05) is 4.90 Å². The van der Waals surface area contributed by atoms with Gasteiger partial charge in [0, 0.05) is 33.3 Å². The molecule has 0 spiro atoms. The quantitative estimate of drug-likeness (QED) is 0.693. The minimum absolute atomic E-state index is 0.237. The summed E-state index contributed by atoms with van der Waals surface area (Å²) in [6.07, 6.45) is 5.07. The predicted octanol–water partition coefficient (Wildman–Crippen LogP) is 0.557. The molecule has 2 aliphatic heterocycles. The van der Waals surface area contributed by atoms with Crippen molar-refractivity contribution in [3.63, 3.8) is 0 Å². The summed E-state index contributed by atoms with van der Waals surface area (Å²) in [6, 6.07) is 0. The Morgan fingerprint density at radius 1 is 1.20 bits per heavy atom. The molecule has 0 aliphatic carbocycles. The summed E-state index contributed by atoms with van der Waals surface area (Å²) >= 11 is 0. The monoisotopic (exact) mass is 283 g/mol. The summed E-state index contributed by atoms with van der Waals surface area (Å²) in [5.41, 5.74) is 0. The van der Waals surface area contributed by atoms with Crippen LogP contribution < -0.4 is 5.32 Å². The second kappa shape index (κ2) is 8.60. The molecule has 0 aromatic heterocycles. The SMILES string of the molecule is COCCNCC(=O)N1CCC(CN2CCCC2)CC1. The van der Waals surface area contributed by atoms with Crippen molar-refractivity contribution in [2.75, 3.05) is 59.5 Å². The Morgan fingerprint density at radius 3 is 2.55 bits per heavy atom. The highest BCUT2D eigenvalue weighted by atomic mass is 16.5. The van der Waals surface area contributed by atoms with Crippen molar-refractivity contribution in [3.05, 3.63) is 0 Å². The third-order valence-corrected chi connectivity index (χ3v) is 4.44. The summed E-state index contributed by atoms with van der Waals surface area (Å²) in [5, 5.41) is 3.13. The zero-order valence-corrected chi connectivity index (χ0v) is 12.8. The third kappa shape index (κ3) is 5.04. The first-order chi connectivity index (χ1) is 9.79. The highest BCUT2D eigenvalue weighted by molar-refractivity contribution is 5.78. The average molecular weight is 283 g/mol. The van der Waals surface area contributed by atoms with Crippen molar-refractivity contribution >= 4 is 5.91 Å². The lowest BCUT2D eigenvalue weighted by molar-refractivity contribution is -0.131. The van der Waals surface area contributed by atoms with E-state index in [1.54, 1.807) is 7.11 Å². The van der Waals surface area contributed by atoms with Crippen molar-refractivity contribution in [2.45, 2.75) is 25.7 Å². The average Bonchev–Trinajstić information content (AvgIpc) is 2.97. The van der Waals surface area contributed by atoms with Gasteiger partial charge in [0.2, 0.25) is 5.91 Å². The lowest BCUT2D eigenvalue weighted by Crippen LogP contribution is -2.44. The van der Waals surface area contributed by atoms with Gasteiger partial charge in [-0.05, 0) is 44.7 Å². The van der Waals surface area contributed by atoms with Crippen molar-refractivity contribution in [2.24, 2.45) is 5.92 Å². The van der Waals surface area contributed by atoms with E-state index < -0.39 is 0 Å². The normalized spacial score (nSPS) is 21.6. The summed E-state index contributed by atoms with van der Waals surface area (Å²) in [5.74, 6) is 1.03. The maximum Gasteiger partial charge on any atom is 0.236 e. The van der Waals surface area contributed by atoms with Crippen molar-refractivity contribution < 1.29 is 9.53 Å². The molecule has 0 bridgehead atoms. The van der Waals surface area contributed by atoms with Gasteiger partial charge in [0.05, 0.1) is 13.2 Å². The van der Waals surface area contributed by atoms with Gasteiger partial charge in [-0.2, -0.15) is 0 Å². The molecule has 0 saturated carbocycles. The van der Waals surface area contributed by atoms with Crippen LogP contribution in [0.2, 0.25) is 0 Å². The predicted molar refractivity (Wildman–Crippen MR) is 79.7 cm³/mol. The van der Waals surface area contributed by atoms with Crippen LogP contribution >= 0.6 is 0 Å². The van der Waals surface area contributed by atoms with Gasteiger partial charge in [0.15, 0.2) is 0 Å². The van der Waals surface area contributed by atoms with Crippen molar-refractivity contribution in [3.8, 4) is 0 Å². The molecular weight excluding hydrogens is 254 g/mol. The van der Waals surface area contributed by atoms with Gasteiger partial charge >= 0.3 is 0 Å². The number of carbonyl (C=O) groups excluding carboxylic acids is 1. The zero-order valence-electron chi connectivity index (χ0n) is 12.8. The smallest absolute Gasteiger partial charge is 0.236 e. The Balaban J connectivity index is 1.59. The fraction of sp³-hybridized carbons (Fsp3) is 0.933. The van der Waals surface area contributed by atoms with E-state index in [0.29, 0.717) is 13.2 Å². The maximum atomic E-state index is 12.0. The van der Waals surface area contributed by atoms with Crippen LogP contribution in [0.15, 0.2) is 0 Å². The topological polar surface area (TPSA) is 44.8 Å². The van der Waals surface area contributed by atoms with E-state index in [0.717, 1.165) is 25.6 Å². The second-order valence-corrected chi connectivity index (χ2v) is 6.00. The number of amides is 1. The van der Waals surface area contributed by atoms with Gasteiger partial charge in [0.1, 0.15) is 0 Å². The van der Waals surface area contributed by atoms with Crippen molar-refractivity contribution in [1.82, 2.24) is 15.1 Å². The largest absolute Gasteiger partial charge is 0.383 e. The van der Waals surface area contributed by atoms with Crippen LogP contribution in [0.25, 0.3) is 0 Å². The number of piperidine rings is 1. The number of rotatable bonds is 7. The van der Waals surface area contributed by atoms with Gasteiger partial charge in [-0.1, -0.05) is 0 Å². The maximum absolute atomic E-state index is 12.0. The van der Waals surface area contributed by atoms with Crippen LogP contribution in [-0.2, 0) is 9.53 Å². The van der Waals surface area contributed by atoms with Gasteiger partial charge in [-0.15, -0.1) is 0 Å². The number of nitrogens with one attached hydrogen (secondary N) is 1. The Hall–Kier alpha value is -0.650. The lowest BCUT2D eigenvalue weighted by atomic mass is 9.96. The first kappa shape index (κ1) is 15.7. The Morgan fingerprint density at radius 2 is 1.90 bits per heavy atom. The standard InChI is InChI=1S/C15H29N3O2/c1-20-11-6-16-12-15(19)18-9-4-14(5-10-18)13-17-7-2-3-8-17/h14,16H,2-13H2,1H3. The van der Waals surface area contributed by atoms with Crippen molar-refractivity contribution in [1.29, 1.82) is 0 Å². The van der Waals surface area contributed by atoms with Crippen LogP contribution in [-0.4, -0.2) is 75.2 Å². The number of likely N-dealkylation sites (tertiary alicyclic amines) is 2. The van der Waals surface area contributed by atoms with E-state index in [2.05, 4.69) is 10.2 Å². The molecule has 1 N–H and O–H groups in total. The zero-order chi connectivity index (χ0) is 14.2. The van der Waals surface area contributed by atoms with Gasteiger partial charge < -0.3 is 19.9 Å². The highest BCUT2D eigenvalue weighted by Crippen LogP contribution is 2.20. The molecule has 0 radical (unpaired) electrons. The third-order valence-electron chi connectivity index (χ3n) is 4.44. The molecule has 2 fully saturated rings. The number of hydrogen-bond acceptors (Lipinski definition) is 4. The molecule has 1 amide bonds. The Labute approximate surface area is 122 Å². The fourth-order valence-corrected chi connectivity index (χ4v) is 3.18. The molecule has 0 aromatic rings. The molecule has 116 valence electrons. The van der Waals surface area contributed by atoms with E-state index in [-0.39, 0.29) is 5.91 Å². The molecule has 2 rings (SSSR count).